The summed E-state index contributed by atoms with van der Waals surface area (Å²) in [6.45, 7) is 5.40. The summed E-state index contributed by atoms with van der Waals surface area (Å²) >= 11 is 0. The fraction of sp³-hybridized carbons (Fsp3) is 0.308. The number of aromatic nitrogens is 2. The van der Waals surface area contributed by atoms with E-state index >= 15 is 0 Å². The average Bonchev–Trinajstić information content (AvgIpc) is 2.57. The van der Waals surface area contributed by atoms with Crippen molar-refractivity contribution in [1.29, 1.82) is 0 Å². The van der Waals surface area contributed by atoms with E-state index in [1.54, 1.807) is 31.5 Å². The topological polar surface area (TPSA) is 52.0 Å². The normalized spacial score (nSPS) is 11.8. The molecular formula is C13H14ClFN2O2S. The van der Waals surface area contributed by atoms with Crippen molar-refractivity contribution in [2.45, 2.75) is 32.2 Å². The van der Waals surface area contributed by atoms with Crippen LogP contribution < -0.4 is 0 Å². The summed E-state index contributed by atoms with van der Waals surface area (Å²) in [5, 5.41) is 4.19. The summed E-state index contributed by atoms with van der Waals surface area (Å²) in [4.78, 5) is 0.0407. The van der Waals surface area contributed by atoms with Gasteiger partial charge < -0.3 is 0 Å². The smallest absolute Gasteiger partial charge is 0.264 e. The summed E-state index contributed by atoms with van der Waals surface area (Å²) in [7, 11) is 1.58. The Hall–Kier alpha value is -1.40. The molecule has 2 rings (SSSR count). The lowest BCUT2D eigenvalue weighted by Gasteiger charge is -2.08. The molecule has 0 aliphatic carbocycles. The van der Waals surface area contributed by atoms with Crippen molar-refractivity contribution in [2.24, 2.45) is 0 Å². The Kier molecular flexibility index (Phi) is 3.88. The zero-order valence-electron chi connectivity index (χ0n) is 11.3. The first-order valence-corrected chi connectivity index (χ1v) is 8.25. The van der Waals surface area contributed by atoms with Crippen LogP contribution in [0, 0.1) is 26.6 Å². The summed E-state index contributed by atoms with van der Waals surface area (Å²) in [6, 6.07) is 4.46. The Morgan fingerprint density at radius 3 is 2.45 bits per heavy atom. The molecule has 0 atom stereocenters. The average molecular weight is 317 g/mol. The van der Waals surface area contributed by atoms with E-state index in [-0.39, 0.29) is 10.7 Å². The van der Waals surface area contributed by atoms with Crippen molar-refractivity contribution in [2.75, 3.05) is 0 Å². The number of hydrogen-bond donors (Lipinski definition) is 0. The number of hydrogen-bond acceptors (Lipinski definition) is 3. The Morgan fingerprint density at radius 1 is 1.30 bits per heavy atom. The maximum absolute atomic E-state index is 13.1. The third kappa shape index (κ3) is 2.86. The molecule has 0 unspecified atom stereocenters. The van der Waals surface area contributed by atoms with Gasteiger partial charge in [-0.05, 0) is 44.0 Å². The van der Waals surface area contributed by atoms with Crippen LogP contribution in [0.3, 0.4) is 0 Å². The molecular weight excluding hydrogens is 303 g/mol. The highest BCUT2D eigenvalue weighted by atomic mass is 35.7. The van der Waals surface area contributed by atoms with Crippen molar-refractivity contribution < 1.29 is 12.8 Å². The lowest BCUT2D eigenvalue weighted by molar-refractivity contribution is 0.607. The Morgan fingerprint density at radius 2 is 1.95 bits per heavy atom. The van der Waals surface area contributed by atoms with Crippen LogP contribution >= 0.6 is 10.7 Å². The van der Waals surface area contributed by atoms with Crippen molar-refractivity contribution in [3.8, 4) is 0 Å². The molecule has 0 N–H and O–H groups in total. The van der Waals surface area contributed by atoms with Gasteiger partial charge in [-0.1, -0.05) is 6.07 Å². The summed E-state index contributed by atoms with van der Waals surface area (Å²) in [5.74, 6) is -0.302. The third-order valence-corrected chi connectivity index (χ3v) is 4.73. The number of aryl methyl sites for hydroxylation is 2. The second-order valence-electron chi connectivity index (χ2n) is 4.67. The van der Waals surface area contributed by atoms with E-state index in [2.05, 4.69) is 5.10 Å². The molecule has 0 radical (unpaired) electrons. The number of rotatable bonds is 3. The van der Waals surface area contributed by atoms with Crippen molar-refractivity contribution >= 4 is 19.7 Å². The molecule has 4 nitrogen and oxygen atoms in total. The minimum atomic E-state index is -3.82. The molecule has 0 bridgehead atoms. The first-order valence-electron chi connectivity index (χ1n) is 5.94. The molecule has 0 amide bonds. The Bertz CT molecular complexity index is 769. The van der Waals surface area contributed by atoms with Crippen molar-refractivity contribution in [1.82, 2.24) is 9.78 Å². The zero-order valence-corrected chi connectivity index (χ0v) is 12.9. The fourth-order valence-electron chi connectivity index (χ4n) is 2.19. The quantitative estimate of drug-likeness (QED) is 0.818. The zero-order chi connectivity index (χ0) is 15.1. The molecule has 2 aromatic rings. The van der Waals surface area contributed by atoms with E-state index in [0.29, 0.717) is 17.9 Å². The maximum atomic E-state index is 13.1. The molecule has 0 saturated heterocycles. The van der Waals surface area contributed by atoms with Gasteiger partial charge in [0.15, 0.2) is 0 Å². The highest BCUT2D eigenvalue weighted by molar-refractivity contribution is 8.13. The van der Waals surface area contributed by atoms with Gasteiger partial charge in [0.25, 0.3) is 9.05 Å². The van der Waals surface area contributed by atoms with Gasteiger partial charge in [0.1, 0.15) is 10.7 Å². The van der Waals surface area contributed by atoms with Crippen molar-refractivity contribution in [3.05, 3.63) is 46.5 Å². The van der Waals surface area contributed by atoms with Crippen LogP contribution in [0.25, 0.3) is 0 Å². The van der Waals surface area contributed by atoms with E-state index in [1.165, 1.54) is 12.1 Å². The van der Waals surface area contributed by atoms with Gasteiger partial charge in [0.05, 0.1) is 17.9 Å². The predicted molar refractivity (Wildman–Crippen MR) is 75.0 cm³/mol. The van der Waals surface area contributed by atoms with Crippen LogP contribution in [0.4, 0.5) is 4.39 Å². The molecule has 0 aliphatic heterocycles. The lowest BCUT2D eigenvalue weighted by Crippen LogP contribution is -2.06. The molecule has 7 heteroatoms. The minimum Gasteiger partial charge on any atom is -0.264 e. The van der Waals surface area contributed by atoms with E-state index in [0.717, 1.165) is 11.1 Å². The highest BCUT2D eigenvalue weighted by Crippen LogP contribution is 2.24. The summed E-state index contributed by atoms with van der Waals surface area (Å²) in [6.07, 6.45) is 0. The van der Waals surface area contributed by atoms with Crippen LogP contribution in [0.5, 0.6) is 0 Å². The Balaban J connectivity index is 2.46. The number of halogens is 2. The van der Waals surface area contributed by atoms with Crippen LogP contribution in [-0.4, -0.2) is 18.2 Å². The van der Waals surface area contributed by atoms with Gasteiger partial charge in [0, 0.05) is 10.7 Å². The van der Waals surface area contributed by atoms with Crippen LogP contribution in [-0.2, 0) is 15.6 Å². The molecule has 0 fully saturated rings. The standard InChI is InChI=1S/C13H14ClFN2O2S/c1-8-6-12(15)5-4-11(8)7-17-10(3)13(9(2)16-17)20(14,18)19/h4-6H,7H2,1-3H3. The third-order valence-electron chi connectivity index (χ3n) is 3.18. The second kappa shape index (κ2) is 5.18. The largest absolute Gasteiger partial charge is 0.264 e. The van der Waals surface area contributed by atoms with Gasteiger partial charge in [-0.3, -0.25) is 4.68 Å². The molecule has 0 saturated carbocycles. The van der Waals surface area contributed by atoms with Gasteiger partial charge in [-0.15, -0.1) is 0 Å². The molecule has 0 spiro atoms. The number of nitrogens with zero attached hydrogens (tertiary/aromatic N) is 2. The molecule has 1 heterocycles. The Labute approximate surface area is 121 Å². The second-order valence-corrected chi connectivity index (χ2v) is 7.17. The van der Waals surface area contributed by atoms with Crippen LogP contribution in [0.1, 0.15) is 22.5 Å². The molecule has 108 valence electrons. The molecule has 20 heavy (non-hydrogen) atoms. The fourth-order valence-corrected chi connectivity index (χ4v) is 3.71. The van der Waals surface area contributed by atoms with Crippen molar-refractivity contribution in [3.63, 3.8) is 0 Å². The van der Waals surface area contributed by atoms with E-state index in [9.17, 15) is 12.8 Å². The van der Waals surface area contributed by atoms with Crippen LogP contribution in [0.15, 0.2) is 23.1 Å². The van der Waals surface area contributed by atoms with Crippen LogP contribution in [0.2, 0.25) is 0 Å². The predicted octanol–water partition coefficient (Wildman–Crippen LogP) is 2.92. The van der Waals surface area contributed by atoms with Gasteiger partial charge >= 0.3 is 0 Å². The highest BCUT2D eigenvalue weighted by Gasteiger charge is 2.22. The lowest BCUT2D eigenvalue weighted by atomic mass is 10.1. The monoisotopic (exact) mass is 316 g/mol. The maximum Gasteiger partial charge on any atom is 0.264 e. The van der Waals surface area contributed by atoms with E-state index < -0.39 is 9.05 Å². The molecule has 1 aromatic heterocycles. The SMILES string of the molecule is Cc1cc(F)ccc1Cn1nc(C)c(S(=O)(=O)Cl)c1C. The number of benzene rings is 1. The van der Waals surface area contributed by atoms with E-state index in [1.807, 2.05) is 0 Å². The summed E-state index contributed by atoms with van der Waals surface area (Å²) < 4.78 is 37.7. The van der Waals surface area contributed by atoms with Gasteiger partial charge in [-0.2, -0.15) is 5.10 Å². The first kappa shape index (κ1) is 15.0. The van der Waals surface area contributed by atoms with Gasteiger partial charge in [0.2, 0.25) is 0 Å². The van der Waals surface area contributed by atoms with E-state index in [4.69, 9.17) is 10.7 Å². The molecule has 1 aromatic carbocycles. The first-order chi connectivity index (χ1) is 9.20. The summed E-state index contributed by atoms with van der Waals surface area (Å²) in [5.41, 5.74) is 2.49. The minimum absolute atomic E-state index is 0.0407. The van der Waals surface area contributed by atoms with Gasteiger partial charge in [-0.25, -0.2) is 12.8 Å². The molecule has 0 aliphatic rings.